The molecule has 0 bridgehead atoms. The Bertz CT molecular complexity index is 581. The zero-order chi connectivity index (χ0) is 12.5. The normalized spacial score (nSPS) is 12.8. The van der Waals surface area contributed by atoms with E-state index in [1.807, 2.05) is 12.1 Å². The molecule has 0 N–H and O–H groups in total. The topological polar surface area (TPSA) is 18.5 Å². The second-order valence-electron chi connectivity index (χ2n) is 3.91. The third kappa shape index (κ3) is 2.10. The molecular weight excluding hydrogens is 312 g/mol. The van der Waals surface area contributed by atoms with Gasteiger partial charge in [0.25, 0.3) is 0 Å². The Hall–Kier alpha value is -1.13. The lowest BCUT2D eigenvalue weighted by molar-refractivity contribution is 0.174. The molecule has 0 atom stereocenters. The third-order valence-corrected chi connectivity index (χ3v) is 4.26. The molecule has 0 radical (unpaired) electrons. The Balaban J connectivity index is 2.05. The molecule has 2 nitrogen and oxygen atoms in total. The summed E-state index contributed by atoms with van der Waals surface area (Å²) in [6.45, 7) is 0.302. The third-order valence-electron chi connectivity index (χ3n) is 2.86. The van der Waals surface area contributed by atoms with Crippen LogP contribution in [0, 0.1) is 0 Å². The monoisotopic (exact) mass is 322 g/mol. The molecule has 92 valence electrons. The predicted octanol–water partition coefficient (Wildman–Crippen LogP) is 4.57. The minimum absolute atomic E-state index is 0.302. The summed E-state index contributed by atoms with van der Waals surface area (Å²) in [4.78, 5) is 1.26. The molecule has 0 spiro atoms. The van der Waals surface area contributed by atoms with Gasteiger partial charge in [0, 0.05) is 9.37 Å². The van der Waals surface area contributed by atoms with Crippen LogP contribution in [0.5, 0.6) is 11.5 Å². The molecule has 1 aliphatic heterocycles. The quantitative estimate of drug-likeness (QED) is 0.755. The number of hydrogen-bond donors (Lipinski definition) is 0. The molecule has 0 aromatic heterocycles. The number of fused-ring (bicyclic) bond motifs is 1. The maximum atomic E-state index is 5.41. The lowest BCUT2D eigenvalue weighted by Gasteiger charge is -2.07. The highest BCUT2D eigenvalue weighted by molar-refractivity contribution is 9.10. The van der Waals surface area contributed by atoms with Crippen LogP contribution >= 0.6 is 27.7 Å². The van der Waals surface area contributed by atoms with Gasteiger partial charge in [0.1, 0.15) is 0 Å². The first-order chi connectivity index (χ1) is 8.78. The zero-order valence-corrected chi connectivity index (χ0v) is 12.2. The van der Waals surface area contributed by atoms with Crippen molar-refractivity contribution < 1.29 is 9.47 Å². The smallest absolute Gasteiger partial charge is 0.231 e. The molecule has 0 saturated carbocycles. The maximum absolute atomic E-state index is 5.41. The molecule has 0 unspecified atom stereocenters. The van der Waals surface area contributed by atoms with Crippen LogP contribution in [0.2, 0.25) is 0 Å². The van der Waals surface area contributed by atoms with Crippen molar-refractivity contribution in [2.75, 3.05) is 13.0 Å². The summed E-state index contributed by atoms with van der Waals surface area (Å²) in [5, 5.41) is 0. The highest BCUT2D eigenvalue weighted by Crippen LogP contribution is 2.41. The summed E-state index contributed by atoms with van der Waals surface area (Å²) in [6.07, 6.45) is 2.07. The van der Waals surface area contributed by atoms with Crippen LogP contribution < -0.4 is 9.47 Å². The minimum atomic E-state index is 0.302. The van der Waals surface area contributed by atoms with Gasteiger partial charge in [0.05, 0.1) is 0 Å². The van der Waals surface area contributed by atoms with Gasteiger partial charge in [0.15, 0.2) is 11.5 Å². The summed E-state index contributed by atoms with van der Waals surface area (Å²) in [7, 11) is 0. The summed E-state index contributed by atoms with van der Waals surface area (Å²) in [5.74, 6) is 1.61. The van der Waals surface area contributed by atoms with E-state index in [1.54, 1.807) is 11.8 Å². The summed E-state index contributed by atoms with van der Waals surface area (Å²) in [6, 6.07) is 12.5. The van der Waals surface area contributed by atoms with Crippen molar-refractivity contribution in [3.8, 4) is 22.6 Å². The van der Waals surface area contributed by atoms with E-state index in [4.69, 9.17) is 9.47 Å². The lowest BCUT2D eigenvalue weighted by atomic mass is 10.1. The predicted molar refractivity (Wildman–Crippen MR) is 77.5 cm³/mol. The molecule has 0 aliphatic carbocycles. The molecule has 4 heteroatoms. The number of hydrogen-bond acceptors (Lipinski definition) is 3. The average Bonchev–Trinajstić information content (AvgIpc) is 2.85. The van der Waals surface area contributed by atoms with Crippen LogP contribution in [-0.2, 0) is 0 Å². The number of rotatable bonds is 2. The Morgan fingerprint density at radius 1 is 1.06 bits per heavy atom. The van der Waals surface area contributed by atoms with E-state index in [2.05, 4.69) is 46.5 Å². The average molecular weight is 323 g/mol. The van der Waals surface area contributed by atoms with Crippen molar-refractivity contribution in [2.24, 2.45) is 0 Å². The van der Waals surface area contributed by atoms with Crippen molar-refractivity contribution in [2.45, 2.75) is 4.90 Å². The fourth-order valence-corrected chi connectivity index (χ4v) is 2.87. The molecular formula is C14H11BrO2S. The van der Waals surface area contributed by atoms with Gasteiger partial charge in [-0.2, -0.15) is 0 Å². The number of benzene rings is 2. The highest BCUT2D eigenvalue weighted by Gasteiger charge is 2.16. The number of ether oxygens (including phenoxy) is 2. The van der Waals surface area contributed by atoms with Crippen LogP contribution in [0.1, 0.15) is 0 Å². The largest absolute Gasteiger partial charge is 0.454 e. The first-order valence-corrected chi connectivity index (χ1v) is 7.53. The molecule has 2 aromatic carbocycles. The van der Waals surface area contributed by atoms with Gasteiger partial charge in [-0.3, -0.25) is 0 Å². The van der Waals surface area contributed by atoms with Crippen LogP contribution in [0.25, 0.3) is 11.1 Å². The summed E-state index contributed by atoms with van der Waals surface area (Å²) >= 11 is 5.32. The first kappa shape index (κ1) is 11.9. The van der Waals surface area contributed by atoms with Crippen molar-refractivity contribution >= 4 is 27.7 Å². The van der Waals surface area contributed by atoms with E-state index in [0.29, 0.717) is 6.79 Å². The van der Waals surface area contributed by atoms with E-state index in [-0.39, 0.29) is 0 Å². The van der Waals surface area contributed by atoms with Gasteiger partial charge in [-0.05, 0) is 41.6 Å². The Kier molecular flexibility index (Phi) is 3.22. The number of halogens is 1. The fourth-order valence-electron chi connectivity index (χ4n) is 1.91. The van der Waals surface area contributed by atoms with Crippen LogP contribution in [-0.4, -0.2) is 13.0 Å². The van der Waals surface area contributed by atoms with Crippen LogP contribution in [0.15, 0.2) is 45.8 Å². The second kappa shape index (κ2) is 4.86. The fraction of sp³-hybridized carbons (Fsp3) is 0.143. The first-order valence-electron chi connectivity index (χ1n) is 5.51. The Labute approximate surface area is 118 Å². The highest BCUT2D eigenvalue weighted by atomic mass is 79.9. The van der Waals surface area contributed by atoms with E-state index < -0.39 is 0 Å². The maximum Gasteiger partial charge on any atom is 0.231 e. The minimum Gasteiger partial charge on any atom is -0.454 e. The van der Waals surface area contributed by atoms with E-state index in [0.717, 1.165) is 27.1 Å². The van der Waals surface area contributed by atoms with E-state index in [9.17, 15) is 0 Å². The van der Waals surface area contributed by atoms with E-state index >= 15 is 0 Å². The van der Waals surface area contributed by atoms with Gasteiger partial charge in [-0.15, -0.1) is 11.8 Å². The Morgan fingerprint density at radius 2 is 1.72 bits per heavy atom. The molecule has 0 saturated heterocycles. The summed E-state index contributed by atoms with van der Waals surface area (Å²) < 4.78 is 11.8. The Morgan fingerprint density at radius 3 is 2.39 bits per heavy atom. The van der Waals surface area contributed by atoms with Gasteiger partial charge in [0.2, 0.25) is 6.79 Å². The second-order valence-corrected chi connectivity index (χ2v) is 5.65. The zero-order valence-electron chi connectivity index (χ0n) is 9.77. The number of thioether (sulfide) groups is 1. The lowest BCUT2D eigenvalue weighted by Crippen LogP contribution is -1.92. The molecule has 0 fully saturated rings. The van der Waals surface area contributed by atoms with Gasteiger partial charge < -0.3 is 9.47 Å². The molecule has 1 aliphatic rings. The SMILES string of the molecule is CSc1ccc(-c2cc3c(cc2Br)OCO3)cc1. The van der Waals surface area contributed by atoms with Crippen molar-refractivity contribution in [3.05, 3.63) is 40.9 Å². The molecule has 3 rings (SSSR count). The molecule has 0 amide bonds. The van der Waals surface area contributed by atoms with Gasteiger partial charge >= 0.3 is 0 Å². The van der Waals surface area contributed by atoms with Gasteiger partial charge in [-0.1, -0.05) is 28.1 Å². The van der Waals surface area contributed by atoms with E-state index in [1.165, 1.54) is 4.90 Å². The van der Waals surface area contributed by atoms with Crippen molar-refractivity contribution in [3.63, 3.8) is 0 Å². The van der Waals surface area contributed by atoms with Crippen molar-refractivity contribution in [1.29, 1.82) is 0 Å². The summed E-state index contributed by atoms with van der Waals surface area (Å²) in [5.41, 5.74) is 2.28. The standard InChI is InChI=1S/C14H11BrO2S/c1-18-10-4-2-9(3-5-10)11-6-13-14(7-12(11)15)17-8-16-13/h2-7H,8H2,1H3. The van der Waals surface area contributed by atoms with Crippen LogP contribution in [0.4, 0.5) is 0 Å². The van der Waals surface area contributed by atoms with Gasteiger partial charge in [-0.25, -0.2) is 0 Å². The molecule has 1 heterocycles. The molecule has 18 heavy (non-hydrogen) atoms. The van der Waals surface area contributed by atoms with Crippen molar-refractivity contribution in [1.82, 2.24) is 0 Å². The van der Waals surface area contributed by atoms with Crippen LogP contribution in [0.3, 0.4) is 0 Å². The molecule has 2 aromatic rings.